The van der Waals surface area contributed by atoms with Gasteiger partial charge in [0, 0.05) is 24.3 Å². The van der Waals surface area contributed by atoms with Gasteiger partial charge in [-0.05, 0) is 39.8 Å². The number of morpholine rings is 1. The molecule has 19 heavy (non-hydrogen) atoms. The Balaban J connectivity index is 2.39. The van der Waals surface area contributed by atoms with Crippen LogP contribution >= 0.6 is 11.6 Å². The van der Waals surface area contributed by atoms with E-state index in [2.05, 4.69) is 32.6 Å². The van der Waals surface area contributed by atoms with Crippen LogP contribution in [0.3, 0.4) is 0 Å². The lowest BCUT2D eigenvalue weighted by molar-refractivity contribution is -0.133. The van der Waals surface area contributed by atoms with Crippen molar-refractivity contribution in [1.82, 2.24) is 0 Å². The summed E-state index contributed by atoms with van der Waals surface area (Å²) < 4.78 is 19.9. The average Bonchev–Trinajstić information content (AvgIpc) is 2.24. The molecule has 0 atom stereocenters. The molecule has 0 amide bonds. The lowest BCUT2D eigenvalue weighted by atomic mass is 9.97. The summed E-state index contributed by atoms with van der Waals surface area (Å²) in [6.07, 6.45) is 0. The first-order valence-corrected chi connectivity index (χ1v) is 7.06. The average molecular weight is 286 g/mol. The van der Waals surface area contributed by atoms with Gasteiger partial charge < -0.3 is 9.64 Å². The van der Waals surface area contributed by atoms with E-state index < -0.39 is 0 Å². The Morgan fingerprint density at radius 1 is 1.21 bits per heavy atom. The van der Waals surface area contributed by atoms with Crippen molar-refractivity contribution in [3.63, 3.8) is 0 Å². The number of hydrogen-bond donors (Lipinski definition) is 0. The highest BCUT2D eigenvalue weighted by atomic mass is 35.5. The van der Waals surface area contributed by atoms with E-state index >= 15 is 0 Å². The number of anilines is 1. The maximum Gasteiger partial charge on any atom is 0.129 e. The zero-order valence-electron chi connectivity index (χ0n) is 12.0. The van der Waals surface area contributed by atoms with Crippen molar-refractivity contribution in [2.75, 3.05) is 18.0 Å². The Labute approximate surface area is 119 Å². The monoisotopic (exact) mass is 285 g/mol. The normalized spacial score (nSPS) is 21.5. The molecule has 0 N–H and O–H groups in total. The van der Waals surface area contributed by atoms with E-state index in [0.29, 0.717) is 5.56 Å². The number of ether oxygens (including phenoxy) is 1. The molecule has 0 radical (unpaired) electrons. The van der Waals surface area contributed by atoms with Crippen LogP contribution in [0.1, 0.15) is 33.3 Å². The third-order valence-electron chi connectivity index (χ3n) is 3.26. The van der Waals surface area contributed by atoms with E-state index in [9.17, 15) is 4.39 Å². The Kier molecular flexibility index (Phi) is 3.80. The van der Waals surface area contributed by atoms with Gasteiger partial charge in [-0.25, -0.2) is 4.39 Å². The van der Waals surface area contributed by atoms with Gasteiger partial charge in [0.1, 0.15) is 5.82 Å². The predicted octanol–water partition coefficient (Wildman–Crippen LogP) is 3.96. The Morgan fingerprint density at radius 3 is 2.32 bits per heavy atom. The fourth-order valence-electron chi connectivity index (χ4n) is 2.93. The highest BCUT2D eigenvalue weighted by Gasteiger charge is 2.38. The largest absolute Gasteiger partial charge is 0.366 e. The summed E-state index contributed by atoms with van der Waals surface area (Å²) in [5, 5.41) is 0. The van der Waals surface area contributed by atoms with Crippen LogP contribution in [0.5, 0.6) is 0 Å². The van der Waals surface area contributed by atoms with E-state index in [4.69, 9.17) is 16.3 Å². The van der Waals surface area contributed by atoms with Gasteiger partial charge in [0.15, 0.2) is 0 Å². The molecule has 0 saturated carbocycles. The van der Waals surface area contributed by atoms with Crippen molar-refractivity contribution in [2.24, 2.45) is 0 Å². The van der Waals surface area contributed by atoms with Crippen molar-refractivity contribution < 1.29 is 9.13 Å². The van der Waals surface area contributed by atoms with Crippen LogP contribution in [0.15, 0.2) is 18.2 Å². The van der Waals surface area contributed by atoms with Crippen LogP contribution in [-0.4, -0.2) is 24.3 Å². The number of hydrogen-bond acceptors (Lipinski definition) is 2. The minimum Gasteiger partial charge on any atom is -0.366 e. The van der Waals surface area contributed by atoms with Crippen molar-refractivity contribution in [3.05, 3.63) is 29.6 Å². The molecule has 0 bridgehead atoms. The van der Waals surface area contributed by atoms with Gasteiger partial charge in [0.25, 0.3) is 0 Å². The summed E-state index contributed by atoms with van der Waals surface area (Å²) in [7, 11) is 0. The van der Waals surface area contributed by atoms with Gasteiger partial charge in [-0.1, -0.05) is 6.07 Å². The first kappa shape index (κ1) is 14.6. The number of rotatable bonds is 2. The van der Waals surface area contributed by atoms with Crippen LogP contribution in [0.2, 0.25) is 0 Å². The third-order valence-corrected chi connectivity index (χ3v) is 3.53. The van der Waals surface area contributed by atoms with E-state index in [-0.39, 0.29) is 22.9 Å². The molecule has 1 aromatic carbocycles. The van der Waals surface area contributed by atoms with Crippen LogP contribution in [0, 0.1) is 5.82 Å². The Bertz CT molecular complexity index is 457. The molecule has 0 aromatic heterocycles. The first-order valence-electron chi connectivity index (χ1n) is 6.53. The van der Waals surface area contributed by atoms with E-state index in [1.807, 2.05) is 6.07 Å². The fraction of sp³-hybridized carbons (Fsp3) is 0.600. The molecule has 0 spiro atoms. The third kappa shape index (κ3) is 3.21. The number of alkyl halides is 1. The van der Waals surface area contributed by atoms with E-state index in [0.717, 1.165) is 18.8 Å². The maximum absolute atomic E-state index is 13.8. The lowest BCUT2D eigenvalue weighted by Crippen LogP contribution is -2.57. The van der Waals surface area contributed by atoms with Crippen LogP contribution in [0.4, 0.5) is 10.1 Å². The standard InChI is InChI=1S/C15H21ClFNO/c1-14(2)9-18(10-15(3,4)19-14)13-7-5-6-12(17)11(13)8-16/h5-7H,8-10H2,1-4H3. The van der Waals surface area contributed by atoms with Gasteiger partial charge in [-0.2, -0.15) is 0 Å². The van der Waals surface area contributed by atoms with Crippen LogP contribution in [-0.2, 0) is 10.6 Å². The van der Waals surface area contributed by atoms with Crippen molar-refractivity contribution in [3.8, 4) is 0 Å². The molecular formula is C15H21ClFNO. The zero-order valence-corrected chi connectivity index (χ0v) is 12.7. The second kappa shape index (κ2) is 4.95. The quantitative estimate of drug-likeness (QED) is 0.763. The maximum atomic E-state index is 13.8. The Hall–Kier alpha value is -0.800. The van der Waals surface area contributed by atoms with Gasteiger partial charge in [0.2, 0.25) is 0 Å². The second-order valence-electron chi connectivity index (χ2n) is 6.35. The first-order chi connectivity index (χ1) is 8.74. The van der Waals surface area contributed by atoms with Crippen LogP contribution in [0.25, 0.3) is 0 Å². The molecule has 0 unspecified atom stereocenters. The van der Waals surface area contributed by atoms with Gasteiger partial charge >= 0.3 is 0 Å². The second-order valence-corrected chi connectivity index (χ2v) is 6.62. The van der Waals surface area contributed by atoms with Gasteiger partial charge in [0.05, 0.1) is 17.1 Å². The summed E-state index contributed by atoms with van der Waals surface area (Å²) in [6, 6.07) is 5.12. The van der Waals surface area contributed by atoms with Crippen LogP contribution < -0.4 is 4.90 Å². The van der Waals surface area contributed by atoms with Crippen molar-refractivity contribution in [1.29, 1.82) is 0 Å². The molecular weight excluding hydrogens is 265 g/mol. The molecule has 1 fully saturated rings. The number of benzene rings is 1. The molecule has 106 valence electrons. The molecule has 2 nitrogen and oxygen atoms in total. The minimum atomic E-state index is -0.266. The highest BCUT2D eigenvalue weighted by Crippen LogP contribution is 2.34. The molecule has 1 aliphatic rings. The summed E-state index contributed by atoms with van der Waals surface area (Å²) in [5.74, 6) is -0.0603. The fourth-order valence-corrected chi connectivity index (χ4v) is 3.20. The predicted molar refractivity (Wildman–Crippen MR) is 77.4 cm³/mol. The topological polar surface area (TPSA) is 12.5 Å². The molecule has 1 heterocycles. The smallest absolute Gasteiger partial charge is 0.129 e. The molecule has 0 aliphatic carbocycles. The van der Waals surface area contributed by atoms with Gasteiger partial charge in [-0.15, -0.1) is 11.6 Å². The zero-order chi connectivity index (χ0) is 14.3. The Morgan fingerprint density at radius 2 is 1.79 bits per heavy atom. The van der Waals surface area contributed by atoms with Crippen molar-refractivity contribution in [2.45, 2.75) is 44.8 Å². The summed E-state index contributed by atoms with van der Waals surface area (Å²) in [6.45, 7) is 9.68. The summed E-state index contributed by atoms with van der Waals surface area (Å²) in [4.78, 5) is 2.17. The summed E-state index contributed by atoms with van der Waals surface area (Å²) in [5.41, 5.74) is 0.909. The molecule has 1 aromatic rings. The van der Waals surface area contributed by atoms with E-state index in [1.54, 1.807) is 6.07 Å². The lowest BCUT2D eigenvalue weighted by Gasteiger charge is -2.48. The van der Waals surface area contributed by atoms with E-state index in [1.165, 1.54) is 6.07 Å². The van der Waals surface area contributed by atoms with Crippen molar-refractivity contribution >= 4 is 17.3 Å². The molecule has 4 heteroatoms. The number of halogens is 2. The highest BCUT2D eigenvalue weighted by molar-refractivity contribution is 6.17. The molecule has 1 aliphatic heterocycles. The molecule has 1 saturated heterocycles. The SMILES string of the molecule is CC1(C)CN(c2cccc(F)c2CCl)CC(C)(C)O1. The summed E-state index contributed by atoms with van der Waals surface area (Å²) >= 11 is 5.90. The number of nitrogens with zero attached hydrogens (tertiary/aromatic N) is 1. The van der Waals surface area contributed by atoms with Gasteiger partial charge in [-0.3, -0.25) is 0 Å². The molecule has 2 rings (SSSR count). The minimum absolute atomic E-state index is 0.181.